The minimum atomic E-state index is -4.13. The first kappa shape index (κ1) is 27.3. The van der Waals surface area contributed by atoms with Crippen LogP contribution in [0, 0.1) is 0 Å². The number of hydrazone groups is 1. The second-order valence-corrected chi connectivity index (χ2v) is 10.1. The molecule has 0 aliphatic heterocycles. The van der Waals surface area contributed by atoms with Crippen LogP contribution in [0.1, 0.15) is 18.9 Å². The molecule has 190 valence electrons. The van der Waals surface area contributed by atoms with Gasteiger partial charge in [-0.05, 0) is 55.0 Å². The average Bonchev–Trinajstić information content (AvgIpc) is 2.88. The van der Waals surface area contributed by atoms with Gasteiger partial charge in [-0.15, -0.1) is 0 Å². The molecule has 0 aromatic heterocycles. The normalized spacial score (nSPS) is 11.6. The van der Waals surface area contributed by atoms with Gasteiger partial charge >= 0.3 is 0 Å². The van der Waals surface area contributed by atoms with Crippen LogP contribution in [0.4, 0.5) is 5.69 Å². The largest absolute Gasteiger partial charge is 0.493 e. The molecule has 0 spiro atoms. The van der Waals surface area contributed by atoms with Crippen molar-refractivity contribution in [1.82, 2.24) is 5.43 Å². The number of nitrogens with one attached hydrogen (secondary N) is 1. The molecule has 11 heteroatoms. The van der Waals surface area contributed by atoms with E-state index in [0.29, 0.717) is 34.2 Å². The van der Waals surface area contributed by atoms with E-state index in [-0.39, 0.29) is 15.6 Å². The fourth-order valence-electron chi connectivity index (χ4n) is 3.36. The summed E-state index contributed by atoms with van der Waals surface area (Å²) in [5.41, 5.74) is 3.84. The number of rotatable bonds is 10. The standard InChI is InChI=1S/C25H25Cl2N3O5S/c1-4-21(17-10-13-23(34-2)24(14-17)35-3)28-29-25(31)16-30(22-12-11-18(26)15-20(22)27)36(32,33)19-8-6-5-7-9-19/h5-15H,4,16H2,1-3H3,(H,29,31)/b28-21-. The molecule has 36 heavy (non-hydrogen) atoms. The number of anilines is 1. The molecule has 3 rings (SSSR count). The Balaban J connectivity index is 1.91. The quantitative estimate of drug-likeness (QED) is 0.279. The number of sulfonamides is 1. The van der Waals surface area contributed by atoms with Crippen LogP contribution < -0.4 is 19.2 Å². The Morgan fingerprint density at radius 3 is 2.28 bits per heavy atom. The molecule has 1 N–H and O–H groups in total. The SMILES string of the molecule is CC/C(=N/NC(=O)CN(c1ccc(Cl)cc1Cl)S(=O)(=O)c1ccccc1)c1ccc(OC)c(OC)c1. The van der Waals surface area contributed by atoms with Gasteiger partial charge < -0.3 is 9.47 Å². The van der Waals surface area contributed by atoms with E-state index in [4.69, 9.17) is 32.7 Å². The lowest BCUT2D eigenvalue weighted by atomic mass is 10.1. The summed E-state index contributed by atoms with van der Waals surface area (Å²) in [6.07, 6.45) is 0.491. The van der Waals surface area contributed by atoms with Crippen molar-refractivity contribution in [2.45, 2.75) is 18.2 Å². The van der Waals surface area contributed by atoms with Gasteiger partial charge in [0.05, 0.1) is 35.5 Å². The minimum Gasteiger partial charge on any atom is -0.493 e. The Kier molecular flexibility index (Phi) is 9.19. The van der Waals surface area contributed by atoms with E-state index in [0.717, 1.165) is 4.31 Å². The van der Waals surface area contributed by atoms with Crippen molar-refractivity contribution in [3.8, 4) is 11.5 Å². The lowest BCUT2D eigenvalue weighted by Crippen LogP contribution is -2.40. The number of carbonyl (C=O) groups excluding carboxylic acids is 1. The number of hydrogen-bond acceptors (Lipinski definition) is 6. The van der Waals surface area contributed by atoms with Crippen LogP contribution >= 0.6 is 23.2 Å². The highest BCUT2D eigenvalue weighted by atomic mass is 35.5. The van der Waals surface area contributed by atoms with Gasteiger partial charge in [-0.3, -0.25) is 9.10 Å². The van der Waals surface area contributed by atoms with Crippen LogP contribution in [0.25, 0.3) is 0 Å². The van der Waals surface area contributed by atoms with Crippen LogP contribution in [0.15, 0.2) is 76.7 Å². The molecule has 8 nitrogen and oxygen atoms in total. The number of halogens is 2. The van der Waals surface area contributed by atoms with Crippen molar-refractivity contribution in [2.75, 3.05) is 25.1 Å². The second kappa shape index (κ2) is 12.1. The number of benzene rings is 3. The van der Waals surface area contributed by atoms with Crippen molar-refractivity contribution < 1.29 is 22.7 Å². The summed E-state index contributed by atoms with van der Waals surface area (Å²) in [6.45, 7) is 1.31. The van der Waals surface area contributed by atoms with E-state index in [1.165, 1.54) is 44.6 Å². The highest BCUT2D eigenvalue weighted by molar-refractivity contribution is 7.92. The number of nitrogens with zero attached hydrogens (tertiary/aromatic N) is 2. The Morgan fingerprint density at radius 2 is 1.67 bits per heavy atom. The van der Waals surface area contributed by atoms with Crippen molar-refractivity contribution >= 4 is 50.5 Å². The lowest BCUT2D eigenvalue weighted by Gasteiger charge is -2.24. The molecule has 0 saturated heterocycles. The average molecular weight is 550 g/mol. The van der Waals surface area contributed by atoms with Crippen LogP contribution in [0.2, 0.25) is 10.0 Å². The number of methoxy groups -OCH3 is 2. The molecular formula is C25H25Cl2N3O5S. The first-order valence-corrected chi connectivity index (χ1v) is 13.0. The molecule has 0 heterocycles. The molecule has 0 aliphatic rings. The monoisotopic (exact) mass is 549 g/mol. The molecule has 3 aromatic rings. The summed E-state index contributed by atoms with van der Waals surface area (Å²) >= 11 is 12.3. The zero-order valence-electron chi connectivity index (χ0n) is 19.9. The predicted octanol–water partition coefficient (Wildman–Crippen LogP) is 5.14. The molecule has 0 unspecified atom stereocenters. The summed E-state index contributed by atoms with van der Waals surface area (Å²) in [4.78, 5) is 12.9. The van der Waals surface area contributed by atoms with Gasteiger partial charge in [0.1, 0.15) is 6.54 Å². The van der Waals surface area contributed by atoms with Crippen LogP contribution in [0.3, 0.4) is 0 Å². The van der Waals surface area contributed by atoms with E-state index in [9.17, 15) is 13.2 Å². The van der Waals surface area contributed by atoms with Crippen LogP contribution in [-0.4, -0.2) is 40.8 Å². The van der Waals surface area contributed by atoms with Crippen LogP contribution in [-0.2, 0) is 14.8 Å². The van der Waals surface area contributed by atoms with Gasteiger partial charge in [-0.25, -0.2) is 13.8 Å². The van der Waals surface area contributed by atoms with Gasteiger partial charge in [-0.1, -0.05) is 48.3 Å². The minimum absolute atomic E-state index is 0.00638. The van der Waals surface area contributed by atoms with Gasteiger partial charge in [0.2, 0.25) is 0 Å². The Hall–Kier alpha value is -3.27. The zero-order chi connectivity index (χ0) is 26.3. The molecule has 0 atom stereocenters. The summed E-state index contributed by atoms with van der Waals surface area (Å²) in [6, 6.07) is 17.4. The summed E-state index contributed by atoms with van der Waals surface area (Å²) in [5, 5.41) is 4.64. The predicted molar refractivity (Wildman–Crippen MR) is 142 cm³/mol. The third-order valence-electron chi connectivity index (χ3n) is 5.16. The maximum Gasteiger partial charge on any atom is 0.264 e. The molecule has 0 radical (unpaired) electrons. The van der Waals surface area contributed by atoms with E-state index in [2.05, 4.69) is 10.5 Å². The topological polar surface area (TPSA) is 97.3 Å². The van der Waals surface area contributed by atoms with Crippen LogP contribution in [0.5, 0.6) is 11.5 Å². The molecule has 0 fully saturated rings. The summed E-state index contributed by atoms with van der Waals surface area (Å²) < 4.78 is 38.4. The number of ether oxygens (including phenoxy) is 2. The number of hydrogen-bond donors (Lipinski definition) is 1. The van der Waals surface area contributed by atoms with Gasteiger partial charge in [0.15, 0.2) is 11.5 Å². The van der Waals surface area contributed by atoms with Crippen molar-refractivity contribution in [3.63, 3.8) is 0 Å². The first-order chi connectivity index (χ1) is 17.2. The molecule has 0 saturated carbocycles. The molecule has 0 aliphatic carbocycles. The maximum absolute atomic E-state index is 13.4. The molecule has 3 aromatic carbocycles. The second-order valence-electron chi connectivity index (χ2n) is 7.44. The maximum atomic E-state index is 13.4. The molecular weight excluding hydrogens is 525 g/mol. The first-order valence-electron chi connectivity index (χ1n) is 10.8. The summed E-state index contributed by atoms with van der Waals surface area (Å²) in [5.74, 6) is 0.411. The fourth-order valence-corrected chi connectivity index (χ4v) is 5.38. The van der Waals surface area contributed by atoms with Crippen molar-refractivity contribution in [2.24, 2.45) is 5.10 Å². The smallest absolute Gasteiger partial charge is 0.264 e. The molecule has 0 bridgehead atoms. The van der Waals surface area contributed by atoms with Gasteiger partial charge in [0, 0.05) is 10.6 Å². The van der Waals surface area contributed by atoms with E-state index in [1.807, 2.05) is 6.92 Å². The number of carbonyl (C=O) groups is 1. The van der Waals surface area contributed by atoms with Gasteiger partial charge in [-0.2, -0.15) is 5.10 Å². The Labute approximate surface area is 220 Å². The lowest BCUT2D eigenvalue weighted by molar-refractivity contribution is -0.119. The van der Waals surface area contributed by atoms with E-state index < -0.39 is 22.5 Å². The third kappa shape index (κ3) is 6.29. The van der Waals surface area contributed by atoms with Crippen molar-refractivity contribution in [3.05, 3.63) is 82.3 Å². The highest BCUT2D eigenvalue weighted by Crippen LogP contribution is 2.32. The third-order valence-corrected chi connectivity index (χ3v) is 7.48. The summed E-state index contributed by atoms with van der Waals surface area (Å²) in [7, 11) is -1.07. The fraction of sp³-hybridized carbons (Fsp3) is 0.200. The molecule has 1 amide bonds. The highest BCUT2D eigenvalue weighted by Gasteiger charge is 2.28. The van der Waals surface area contributed by atoms with Gasteiger partial charge in [0.25, 0.3) is 15.9 Å². The Morgan fingerprint density at radius 1 is 0.972 bits per heavy atom. The van der Waals surface area contributed by atoms with E-state index >= 15 is 0 Å². The Bertz CT molecular complexity index is 1370. The van der Waals surface area contributed by atoms with Crippen molar-refractivity contribution in [1.29, 1.82) is 0 Å². The zero-order valence-corrected chi connectivity index (χ0v) is 22.2. The number of amides is 1. The van der Waals surface area contributed by atoms with E-state index in [1.54, 1.807) is 36.4 Å².